The summed E-state index contributed by atoms with van der Waals surface area (Å²) in [6.07, 6.45) is -0.528. The van der Waals surface area contributed by atoms with Crippen LogP contribution in [0.3, 0.4) is 0 Å². The van der Waals surface area contributed by atoms with Crippen molar-refractivity contribution in [2.24, 2.45) is 0 Å². The van der Waals surface area contributed by atoms with E-state index in [1.54, 1.807) is 39.0 Å². The first kappa shape index (κ1) is 15.6. The molecule has 20 heavy (non-hydrogen) atoms. The lowest BCUT2D eigenvalue weighted by Gasteiger charge is -2.28. The number of halogens is 2. The zero-order chi connectivity index (χ0) is 15.1. The molecule has 1 aromatic carbocycles. The molecule has 0 aromatic heterocycles. The van der Waals surface area contributed by atoms with Crippen LogP contribution in [0.15, 0.2) is 18.2 Å². The molecule has 1 N–H and O–H groups in total. The van der Waals surface area contributed by atoms with Crippen molar-refractivity contribution in [1.29, 1.82) is 0 Å². The van der Waals surface area contributed by atoms with Crippen LogP contribution in [-0.4, -0.2) is 22.5 Å². The van der Waals surface area contributed by atoms with E-state index in [0.717, 1.165) is 0 Å². The smallest absolute Gasteiger partial charge is 0.339 e. The minimum Gasteiger partial charge on any atom is -0.479 e. The zero-order valence-corrected chi connectivity index (χ0v) is 13.0. The Bertz CT molecular complexity index is 544. The van der Waals surface area contributed by atoms with Gasteiger partial charge in [-0.05, 0) is 32.4 Å². The monoisotopic (exact) mass is 318 g/mol. The molecule has 2 rings (SSSR count). The van der Waals surface area contributed by atoms with Crippen molar-refractivity contribution in [2.45, 2.75) is 44.7 Å². The van der Waals surface area contributed by atoms with Gasteiger partial charge in [0.1, 0.15) is 6.10 Å². The third kappa shape index (κ3) is 2.53. The Morgan fingerprint density at radius 1 is 1.40 bits per heavy atom. The molecule has 0 amide bonds. The zero-order valence-electron chi connectivity index (χ0n) is 11.4. The number of aliphatic carboxylic acids is 1. The van der Waals surface area contributed by atoms with Crippen molar-refractivity contribution in [3.05, 3.63) is 33.8 Å². The molecule has 1 saturated heterocycles. The highest BCUT2D eigenvalue weighted by atomic mass is 35.5. The third-order valence-corrected chi connectivity index (χ3v) is 3.95. The number of hydrogen-bond donors (Lipinski definition) is 1. The predicted molar refractivity (Wildman–Crippen MR) is 76.1 cm³/mol. The number of carboxylic acids is 1. The number of carboxylic acid groups (broad SMARTS) is 1. The van der Waals surface area contributed by atoms with Gasteiger partial charge in [0.2, 0.25) is 0 Å². The van der Waals surface area contributed by atoms with Crippen LogP contribution < -0.4 is 0 Å². The van der Waals surface area contributed by atoms with Gasteiger partial charge in [0.15, 0.2) is 11.4 Å². The van der Waals surface area contributed by atoms with E-state index in [4.69, 9.17) is 32.7 Å². The first-order valence-corrected chi connectivity index (χ1v) is 7.04. The van der Waals surface area contributed by atoms with Crippen molar-refractivity contribution in [3.8, 4) is 0 Å². The van der Waals surface area contributed by atoms with E-state index in [1.807, 2.05) is 0 Å². The summed E-state index contributed by atoms with van der Waals surface area (Å²) in [6.45, 7) is 5.12. The first-order chi connectivity index (χ1) is 9.22. The first-order valence-electron chi connectivity index (χ1n) is 6.28. The molecular formula is C14H16Cl2O4. The van der Waals surface area contributed by atoms with Crippen LogP contribution in [0.4, 0.5) is 0 Å². The molecule has 1 aromatic rings. The highest BCUT2D eigenvalue weighted by molar-refractivity contribution is 6.35. The van der Waals surface area contributed by atoms with Crippen LogP contribution in [0, 0.1) is 0 Å². The third-order valence-electron chi connectivity index (χ3n) is 3.39. The molecule has 0 saturated carbocycles. The Kier molecular flexibility index (Phi) is 4.04. The maximum Gasteiger partial charge on any atom is 0.339 e. The van der Waals surface area contributed by atoms with Gasteiger partial charge >= 0.3 is 5.97 Å². The SMILES string of the molecule is CC[C@@]1(C(=O)O)OC(C)(C)O[C@H]1c1ccc(Cl)cc1Cl. The van der Waals surface area contributed by atoms with E-state index in [9.17, 15) is 9.90 Å². The van der Waals surface area contributed by atoms with Gasteiger partial charge in [-0.3, -0.25) is 0 Å². The second-order valence-corrected chi connectivity index (χ2v) is 6.06. The van der Waals surface area contributed by atoms with Crippen LogP contribution in [0.2, 0.25) is 10.0 Å². The fourth-order valence-corrected chi connectivity index (χ4v) is 3.00. The maximum atomic E-state index is 11.7. The van der Waals surface area contributed by atoms with E-state index in [0.29, 0.717) is 15.6 Å². The quantitative estimate of drug-likeness (QED) is 0.913. The number of hydrogen-bond acceptors (Lipinski definition) is 3. The van der Waals surface area contributed by atoms with Gasteiger partial charge in [0.25, 0.3) is 0 Å². The van der Waals surface area contributed by atoms with E-state index < -0.39 is 23.5 Å². The molecule has 0 bridgehead atoms. The van der Waals surface area contributed by atoms with Crippen LogP contribution in [0.5, 0.6) is 0 Å². The van der Waals surface area contributed by atoms with Crippen molar-refractivity contribution in [2.75, 3.05) is 0 Å². The van der Waals surface area contributed by atoms with Gasteiger partial charge < -0.3 is 14.6 Å². The van der Waals surface area contributed by atoms with Gasteiger partial charge in [-0.15, -0.1) is 0 Å². The molecule has 6 heteroatoms. The lowest BCUT2D eigenvalue weighted by Crippen LogP contribution is -2.43. The summed E-state index contributed by atoms with van der Waals surface area (Å²) in [7, 11) is 0. The normalized spacial score (nSPS) is 28.6. The summed E-state index contributed by atoms with van der Waals surface area (Å²) in [5.74, 6) is -2.07. The fraction of sp³-hybridized carbons (Fsp3) is 0.500. The molecule has 0 radical (unpaired) electrons. The maximum absolute atomic E-state index is 11.7. The fourth-order valence-electron chi connectivity index (χ4n) is 2.49. The predicted octanol–water partition coefficient (Wildman–Crippen LogP) is 4.05. The second-order valence-electron chi connectivity index (χ2n) is 5.21. The van der Waals surface area contributed by atoms with Crippen molar-refractivity contribution >= 4 is 29.2 Å². The average molecular weight is 319 g/mol. The summed E-state index contributed by atoms with van der Waals surface area (Å²) in [4.78, 5) is 11.7. The lowest BCUT2D eigenvalue weighted by atomic mass is 9.89. The average Bonchev–Trinajstić information content (AvgIpc) is 2.62. The largest absolute Gasteiger partial charge is 0.479 e. The van der Waals surface area contributed by atoms with E-state index >= 15 is 0 Å². The summed E-state index contributed by atoms with van der Waals surface area (Å²) in [6, 6.07) is 4.89. The number of carbonyl (C=O) groups is 1. The Labute approximate surface area is 127 Å². The van der Waals surface area contributed by atoms with Crippen molar-refractivity contribution in [3.63, 3.8) is 0 Å². The number of ether oxygens (including phenoxy) is 2. The Balaban J connectivity index is 2.54. The standard InChI is InChI=1S/C14H16Cl2O4/c1-4-14(12(17)18)11(19-13(2,3)20-14)9-6-5-8(15)7-10(9)16/h5-7,11H,4H2,1-3H3,(H,17,18)/t11-,14+/m0/s1. The van der Waals surface area contributed by atoms with Crippen LogP contribution in [0.25, 0.3) is 0 Å². The summed E-state index contributed by atoms with van der Waals surface area (Å²) >= 11 is 12.1. The minimum absolute atomic E-state index is 0.259. The Morgan fingerprint density at radius 3 is 2.55 bits per heavy atom. The second kappa shape index (κ2) is 5.19. The van der Waals surface area contributed by atoms with Crippen molar-refractivity contribution in [1.82, 2.24) is 0 Å². The summed E-state index contributed by atoms with van der Waals surface area (Å²) in [5.41, 5.74) is -0.896. The van der Waals surface area contributed by atoms with Gasteiger partial charge in [-0.25, -0.2) is 4.79 Å². The molecule has 1 heterocycles. The van der Waals surface area contributed by atoms with E-state index in [-0.39, 0.29) is 6.42 Å². The van der Waals surface area contributed by atoms with Crippen LogP contribution >= 0.6 is 23.2 Å². The molecule has 1 aliphatic heterocycles. The van der Waals surface area contributed by atoms with Crippen LogP contribution in [0.1, 0.15) is 38.9 Å². The molecule has 1 aliphatic rings. The molecule has 4 nitrogen and oxygen atoms in total. The lowest BCUT2D eigenvalue weighted by molar-refractivity contribution is -0.185. The molecule has 0 unspecified atom stereocenters. The summed E-state index contributed by atoms with van der Waals surface area (Å²) in [5, 5.41) is 10.4. The molecule has 1 fully saturated rings. The van der Waals surface area contributed by atoms with Gasteiger partial charge in [0.05, 0.1) is 0 Å². The molecule has 0 spiro atoms. The Morgan fingerprint density at radius 2 is 2.05 bits per heavy atom. The topological polar surface area (TPSA) is 55.8 Å². The highest BCUT2D eigenvalue weighted by Crippen LogP contribution is 2.49. The summed E-state index contributed by atoms with van der Waals surface area (Å²) < 4.78 is 11.5. The molecular weight excluding hydrogens is 303 g/mol. The van der Waals surface area contributed by atoms with E-state index in [2.05, 4.69) is 0 Å². The van der Waals surface area contributed by atoms with Gasteiger partial charge in [-0.1, -0.05) is 36.2 Å². The van der Waals surface area contributed by atoms with E-state index in [1.165, 1.54) is 0 Å². The highest BCUT2D eigenvalue weighted by Gasteiger charge is 2.58. The van der Waals surface area contributed by atoms with Gasteiger partial charge in [0, 0.05) is 15.6 Å². The van der Waals surface area contributed by atoms with Crippen molar-refractivity contribution < 1.29 is 19.4 Å². The number of rotatable bonds is 3. The molecule has 0 aliphatic carbocycles. The van der Waals surface area contributed by atoms with Crippen LogP contribution in [-0.2, 0) is 14.3 Å². The van der Waals surface area contributed by atoms with Gasteiger partial charge in [-0.2, -0.15) is 0 Å². The number of benzene rings is 1. The molecule has 110 valence electrons. The Hall–Kier alpha value is -0.810. The minimum atomic E-state index is -1.46. The molecule has 2 atom stereocenters.